The van der Waals surface area contributed by atoms with Crippen molar-refractivity contribution in [2.24, 2.45) is 0 Å². The van der Waals surface area contributed by atoms with Crippen molar-refractivity contribution in [1.82, 2.24) is 24.9 Å². The minimum atomic E-state index is 0.520. The monoisotopic (exact) mass is 316 g/mol. The molecule has 0 bridgehead atoms. The van der Waals surface area contributed by atoms with Gasteiger partial charge in [-0.25, -0.2) is 4.98 Å². The highest BCUT2D eigenvalue weighted by Gasteiger charge is 2.24. The Morgan fingerprint density at radius 2 is 2.35 bits per heavy atom. The highest BCUT2D eigenvalue weighted by molar-refractivity contribution is 5.31. The SMILES string of the molecule is Cc1nc(CN2CCCC(N(C)Cc3ccnc(N)c3)C2)no1. The van der Waals surface area contributed by atoms with Crippen LogP contribution in [0.4, 0.5) is 5.82 Å². The van der Waals surface area contributed by atoms with Crippen LogP contribution in [0.25, 0.3) is 0 Å². The summed E-state index contributed by atoms with van der Waals surface area (Å²) in [5.41, 5.74) is 6.96. The number of rotatable bonds is 5. The van der Waals surface area contributed by atoms with Crippen LogP contribution in [-0.4, -0.2) is 51.1 Å². The summed E-state index contributed by atoms with van der Waals surface area (Å²) in [6.45, 7) is 5.56. The van der Waals surface area contributed by atoms with Gasteiger partial charge in [-0.1, -0.05) is 5.16 Å². The summed E-state index contributed by atoms with van der Waals surface area (Å²) in [6.07, 6.45) is 4.16. The molecule has 7 nitrogen and oxygen atoms in total. The molecule has 1 atom stereocenters. The first-order valence-corrected chi connectivity index (χ1v) is 8.02. The molecule has 3 rings (SSSR count). The van der Waals surface area contributed by atoms with E-state index >= 15 is 0 Å². The maximum atomic E-state index is 5.76. The lowest BCUT2D eigenvalue weighted by atomic mass is 10.0. The molecule has 1 aliphatic rings. The van der Waals surface area contributed by atoms with E-state index in [0.717, 1.165) is 32.0 Å². The molecule has 7 heteroatoms. The zero-order valence-electron chi connectivity index (χ0n) is 13.8. The molecule has 1 unspecified atom stereocenters. The van der Waals surface area contributed by atoms with E-state index in [1.54, 1.807) is 6.20 Å². The van der Waals surface area contributed by atoms with Gasteiger partial charge in [-0.15, -0.1) is 0 Å². The van der Waals surface area contributed by atoms with E-state index in [1.807, 2.05) is 19.1 Å². The summed E-state index contributed by atoms with van der Waals surface area (Å²) in [4.78, 5) is 13.1. The Labute approximate surface area is 136 Å². The molecule has 2 N–H and O–H groups in total. The Morgan fingerprint density at radius 1 is 1.48 bits per heavy atom. The van der Waals surface area contributed by atoms with Gasteiger partial charge in [0.1, 0.15) is 5.82 Å². The molecular formula is C16H24N6O. The molecule has 23 heavy (non-hydrogen) atoms. The number of nitrogen functional groups attached to an aromatic ring is 1. The quantitative estimate of drug-likeness (QED) is 0.893. The number of aromatic nitrogens is 3. The molecule has 0 spiro atoms. The first-order valence-electron chi connectivity index (χ1n) is 8.02. The molecule has 1 aliphatic heterocycles. The summed E-state index contributed by atoms with van der Waals surface area (Å²) in [7, 11) is 2.17. The van der Waals surface area contributed by atoms with Gasteiger partial charge in [0, 0.05) is 32.3 Å². The molecule has 1 fully saturated rings. The maximum absolute atomic E-state index is 5.76. The normalized spacial score (nSPS) is 19.3. The summed E-state index contributed by atoms with van der Waals surface area (Å²) in [5, 5.41) is 3.99. The molecule has 0 aliphatic carbocycles. The van der Waals surface area contributed by atoms with E-state index in [0.29, 0.717) is 17.8 Å². The predicted octanol–water partition coefficient (Wildman–Crippen LogP) is 1.45. The van der Waals surface area contributed by atoms with Crippen LogP contribution in [0.2, 0.25) is 0 Å². The summed E-state index contributed by atoms with van der Waals surface area (Å²) in [5.74, 6) is 1.97. The Balaban J connectivity index is 1.57. The van der Waals surface area contributed by atoms with Crippen LogP contribution in [0.5, 0.6) is 0 Å². The third-order valence-corrected chi connectivity index (χ3v) is 4.32. The van der Waals surface area contributed by atoms with E-state index in [2.05, 4.69) is 32.0 Å². The number of anilines is 1. The van der Waals surface area contributed by atoms with E-state index in [-0.39, 0.29) is 0 Å². The average Bonchev–Trinajstić information content (AvgIpc) is 2.92. The standard InChI is InChI=1S/C16H24N6O/c1-12-19-16(20-23-12)11-22-7-3-4-14(10-22)21(2)9-13-5-6-18-15(17)8-13/h5-6,8,14H,3-4,7,9-11H2,1-2H3,(H2,17,18). The van der Waals surface area contributed by atoms with Gasteiger partial charge in [0.25, 0.3) is 0 Å². The van der Waals surface area contributed by atoms with Crippen LogP contribution in [0.15, 0.2) is 22.9 Å². The zero-order chi connectivity index (χ0) is 16.2. The van der Waals surface area contributed by atoms with Gasteiger partial charge in [-0.05, 0) is 44.1 Å². The fourth-order valence-electron chi connectivity index (χ4n) is 3.15. The number of piperidine rings is 1. The van der Waals surface area contributed by atoms with Crippen molar-refractivity contribution in [2.45, 2.75) is 38.9 Å². The number of likely N-dealkylation sites (tertiary alicyclic amines) is 1. The average molecular weight is 316 g/mol. The van der Waals surface area contributed by atoms with Gasteiger partial charge >= 0.3 is 0 Å². The Hall–Kier alpha value is -1.99. The summed E-state index contributed by atoms with van der Waals surface area (Å²) in [6, 6.07) is 4.49. The van der Waals surface area contributed by atoms with Gasteiger partial charge in [0.05, 0.1) is 6.54 Å². The molecule has 2 aromatic heterocycles. The molecule has 0 amide bonds. The smallest absolute Gasteiger partial charge is 0.223 e. The van der Waals surface area contributed by atoms with Crippen LogP contribution in [0.3, 0.4) is 0 Å². The number of nitrogens with two attached hydrogens (primary N) is 1. The van der Waals surface area contributed by atoms with Gasteiger partial charge in [0.15, 0.2) is 5.82 Å². The van der Waals surface area contributed by atoms with Crippen molar-refractivity contribution < 1.29 is 4.52 Å². The first-order chi connectivity index (χ1) is 11.1. The van der Waals surface area contributed by atoms with Gasteiger partial charge < -0.3 is 10.3 Å². The Bertz CT molecular complexity index is 643. The zero-order valence-corrected chi connectivity index (χ0v) is 13.8. The summed E-state index contributed by atoms with van der Waals surface area (Å²) >= 11 is 0. The Kier molecular flexibility index (Phi) is 4.88. The van der Waals surface area contributed by atoms with Crippen LogP contribution in [-0.2, 0) is 13.1 Å². The highest BCUT2D eigenvalue weighted by atomic mass is 16.5. The van der Waals surface area contributed by atoms with Crippen LogP contribution >= 0.6 is 0 Å². The number of pyridine rings is 1. The van der Waals surface area contributed by atoms with E-state index < -0.39 is 0 Å². The second-order valence-electron chi connectivity index (χ2n) is 6.26. The number of aryl methyl sites for hydroxylation is 1. The molecule has 0 saturated carbocycles. The van der Waals surface area contributed by atoms with Crippen molar-refractivity contribution in [3.8, 4) is 0 Å². The minimum absolute atomic E-state index is 0.520. The second-order valence-corrected chi connectivity index (χ2v) is 6.26. The lowest BCUT2D eigenvalue weighted by Crippen LogP contribution is -2.45. The first kappa shape index (κ1) is 15.9. The lowest BCUT2D eigenvalue weighted by molar-refractivity contribution is 0.105. The molecule has 0 aromatic carbocycles. The van der Waals surface area contributed by atoms with E-state index in [1.165, 1.54) is 18.4 Å². The van der Waals surface area contributed by atoms with Crippen LogP contribution < -0.4 is 5.73 Å². The van der Waals surface area contributed by atoms with Crippen molar-refractivity contribution in [3.05, 3.63) is 35.6 Å². The molecule has 1 saturated heterocycles. The van der Waals surface area contributed by atoms with Crippen molar-refractivity contribution in [1.29, 1.82) is 0 Å². The Morgan fingerprint density at radius 3 is 3.09 bits per heavy atom. The summed E-state index contributed by atoms with van der Waals surface area (Å²) < 4.78 is 5.05. The van der Waals surface area contributed by atoms with E-state index in [4.69, 9.17) is 10.3 Å². The van der Waals surface area contributed by atoms with Gasteiger partial charge in [-0.2, -0.15) is 4.98 Å². The fraction of sp³-hybridized carbons (Fsp3) is 0.562. The third kappa shape index (κ3) is 4.27. The molecular weight excluding hydrogens is 292 g/mol. The fourth-order valence-corrected chi connectivity index (χ4v) is 3.15. The molecule has 2 aromatic rings. The predicted molar refractivity (Wildman–Crippen MR) is 87.5 cm³/mol. The number of likely N-dealkylation sites (N-methyl/N-ethyl adjacent to an activating group) is 1. The van der Waals surface area contributed by atoms with Gasteiger partial charge in [-0.3, -0.25) is 9.80 Å². The van der Waals surface area contributed by atoms with Crippen LogP contribution in [0, 0.1) is 6.92 Å². The molecule has 3 heterocycles. The molecule has 124 valence electrons. The van der Waals surface area contributed by atoms with Crippen LogP contribution in [0.1, 0.15) is 30.1 Å². The number of hydrogen-bond acceptors (Lipinski definition) is 7. The van der Waals surface area contributed by atoms with Crippen molar-refractivity contribution in [2.75, 3.05) is 25.9 Å². The molecule has 0 radical (unpaired) electrons. The topological polar surface area (TPSA) is 84.3 Å². The highest BCUT2D eigenvalue weighted by Crippen LogP contribution is 2.18. The second kappa shape index (κ2) is 7.06. The number of hydrogen-bond donors (Lipinski definition) is 1. The third-order valence-electron chi connectivity index (χ3n) is 4.32. The van der Waals surface area contributed by atoms with Gasteiger partial charge in [0.2, 0.25) is 5.89 Å². The minimum Gasteiger partial charge on any atom is -0.384 e. The van der Waals surface area contributed by atoms with E-state index in [9.17, 15) is 0 Å². The van der Waals surface area contributed by atoms with Crippen molar-refractivity contribution >= 4 is 5.82 Å². The van der Waals surface area contributed by atoms with Crippen molar-refractivity contribution in [3.63, 3.8) is 0 Å². The number of nitrogens with zero attached hydrogens (tertiary/aromatic N) is 5. The lowest BCUT2D eigenvalue weighted by Gasteiger charge is -2.37. The maximum Gasteiger partial charge on any atom is 0.223 e. The largest absolute Gasteiger partial charge is 0.384 e.